The maximum absolute atomic E-state index is 9.21. The zero-order chi connectivity index (χ0) is 39.3. The predicted molar refractivity (Wildman–Crippen MR) is 226 cm³/mol. The standard InChI is InChI=1S/C23H25BrN4O.C23H27N3O2/c24-16-7-8-22(19(13-16)20-9-10-26-27-20)29-23-18-6-2-1-4-15(18)12-21(23)28-11-3-5-17(25)14-28;1-2-27-22-12-16(14-24)9-10-21(22)28-23-19-8-4-3-6-17(19)13-20(23)26-11-5-7-18(25)15-26/h1-2,4,6-10,13,17,21,23H,3,5,11-12,14,25H2,(H,26,27);3-4,6,8-10,12,18,20,23H,2,5,7,11,13,15,25H2,1H3/t17-,21-,23-;18-,20-,23-/m11/s1. The quantitative estimate of drug-likeness (QED) is 0.136. The number of rotatable bonds is 9. The van der Waals surface area contributed by atoms with E-state index in [0.717, 1.165) is 86.2 Å². The second-order valence-electron chi connectivity index (χ2n) is 15.6. The Hall–Kier alpha value is -4.70. The average Bonchev–Trinajstić information content (AvgIpc) is 3.98. The fourth-order valence-corrected chi connectivity index (χ4v) is 9.48. The topological polar surface area (TPSA) is 139 Å². The van der Waals surface area contributed by atoms with Gasteiger partial charge in [-0.15, -0.1) is 0 Å². The molecule has 2 saturated heterocycles. The van der Waals surface area contributed by atoms with Gasteiger partial charge in [0.1, 0.15) is 18.0 Å². The second-order valence-corrected chi connectivity index (χ2v) is 16.5. The van der Waals surface area contributed by atoms with E-state index in [1.54, 1.807) is 18.3 Å². The van der Waals surface area contributed by atoms with Crippen LogP contribution in [0.15, 0.2) is 102 Å². The van der Waals surface area contributed by atoms with Crippen LogP contribution in [0, 0.1) is 11.3 Å². The van der Waals surface area contributed by atoms with E-state index in [2.05, 4.69) is 96.6 Å². The molecule has 0 radical (unpaired) electrons. The van der Waals surface area contributed by atoms with Gasteiger partial charge in [-0.1, -0.05) is 64.5 Å². The molecule has 4 aromatic carbocycles. The Labute approximate surface area is 344 Å². The van der Waals surface area contributed by atoms with E-state index in [1.165, 1.54) is 22.3 Å². The third-order valence-electron chi connectivity index (χ3n) is 11.8. The van der Waals surface area contributed by atoms with Crippen molar-refractivity contribution in [2.75, 3.05) is 32.8 Å². The molecule has 2 fully saturated rings. The van der Waals surface area contributed by atoms with Crippen LogP contribution in [0.2, 0.25) is 0 Å². The predicted octanol–water partition coefficient (Wildman–Crippen LogP) is 7.73. The van der Waals surface area contributed by atoms with Gasteiger partial charge in [0.05, 0.1) is 36.0 Å². The third kappa shape index (κ3) is 8.76. The van der Waals surface area contributed by atoms with Gasteiger partial charge in [-0.05, 0) is 117 Å². The average molecular weight is 831 g/mol. The number of piperidine rings is 2. The number of hydrogen-bond donors (Lipinski definition) is 3. The lowest BCUT2D eigenvalue weighted by molar-refractivity contribution is 0.0574. The van der Waals surface area contributed by atoms with Crippen LogP contribution in [0.1, 0.15) is 72.6 Å². The smallest absolute Gasteiger partial charge is 0.162 e. The van der Waals surface area contributed by atoms with Crippen LogP contribution in [-0.4, -0.2) is 77.0 Å². The maximum atomic E-state index is 9.21. The summed E-state index contributed by atoms with van der Waals surface area (Å²) in [5, 5.41) is 16.4. The molecule has 0 amide bonds. The van der Waals surface area contributed by atoms with Crippen molar-refractivity contribution in [2.45, 2.75) is 81.8 Å². The highest BCUT2D eigenvalue weighted by Gasteiger charge is 2.41. The summed E-state index contributed by atoms with van der Waals surface area (Å²) in [4.78, 5) is 5.02. The molecule has 11 heteroatoms. The van der Waals surface area contributed by atoms with E-state index >= 15 is 0 Å². The van der Waals surface area contributed by atoms with Crippen LogP contribution in [0.4, 0.5) is 0 Å². The summed E-state index contributed by atoms with van der Waals surface area (Å²) in [6.45, 7) is 6.44. The molecule has 9 rings (SSSR count). The number of nitrogens with two attached hydrogens (primary N) is 2. The second kappa shape index (κ2) is 17.8. The number of aromatic amines is 1. The maximum Gasteiger partial charge on any atom is 0.162 e. The van der Waals surface area contributed by atoms with E-state index < -0.39 is 0 Å². The van der Waals surface area contributed by atoms with Crippen molar-refractivity contribution in [3.8, 4) is 34.6 Å². The first-order chi connectivity index (χ1) is 27.9. The minimum absolute atomic E-state index is 0.0145. The number of nitriles is 1. The summed E-state index contributed by atoms with van der Waals surface area (Å²) < 4.78 is 20.1. The zero-order valence-electron chi connectivity index (χ0n) is 32.5. The Bertz CT molecular complexity index is 2170. The minimum Gasteiger partial charge on any atom is -0.490 e. The molecule has 0 saturated carbocycles. The largest absolute Gasteiger partial charge is 0.490 e. The van der Waals surface area contributed by atoms with Crippen molar-refractivity contribution >= 4 is 15.9 Å². The van der Waals surface area contributed by atoms with Crippen LogP contribution in [-0.2, 0) is 12.8 Å². The molecule has 2 aliphatic carbocycles. The van der Waals surface area contributed by atoms with Crippen LogP contribution in [0.5, 0.6) is 17.2 Å². The first kappa shape index (κ1) is 39.1. The molecule has 10 nitrogen and oxygen atoms in total. The van der Waals surface area contributed by atoms with Gasteiger partial charge in [-0.3, -0.25) is 14.9 Å². The normalized spacial score (nSPS) is 24.4. The van der Waals surface area contributed by atoms with E-state index in [0.29, 0.717) is 29.7 Å². The first-order valence-electron chi connectivity index (χ1n) is 20.3. The minimum atomic E-state index is -0.0753. The summed E-state index contributed by atoms with van der Waals surface area (Å²) in [6.07, 6.45) is 8.12. The number of nitrogens with one attached hydrogen (secondary N) is 1. The number of benzene rings is 4. The molecule has 57 heavy (non-hydrogen) atoms. The zero-order valence-corrected chi connectivity index (χ0v) is 34.1. The van der Waals surface area contributed by atoms with Gasteiger partial charge in [0.2, 0.25) is 0 Å². The van der Waals surface area contributed by atoms with Gasteiger partial charge >= 0.3 is 0 Å². The molecule has 5 N–H and O–H groups in total. The SMILES string of the molecule is CCOc1cc(C#N)ccc1O[C@@H]1c2ccccc2C[C@H]1N1CCC[C@@H](N)C1.N[C@@H]1CCCN([C@@H]2Cc3ccccc3[C@H]2Oc2ccc(Br)cc2-c2ccn[nH]2)C1. The Morgan fingerprint density at radius 3 is 1.93 bits per heavy atom. The van der Waals surface area contributed by atoms with Crippen molar-refractivity contribution in [3.63, 3.8) is 0 Å². The van der Waals surface area contributed by atoms with Gasteiger partial charge in [0, 0.05) is 47.5 Å². The Balaban J connectivity index is 0.000000160. The lowest BCUT2D eigenvalue weighted by atomic mass is 10.0. The highest BCUT2D eigenvalue weighted by atomic mass is 79.9. The van der Waals surface area contributed by atoms with Crippen molar-refractivity contribution in [1.29, 1.82) is 5.26 Å². The Morgan fingerprint density at radius 1 is 0.772 bits per heavy atom. The molecule has 6 atom stereocenters. The summed E-state index contributed by atoms with van der Waals surface area (Å²) in [5.74, 6) is 2.18. The van der Waals surface area contributed by atoms with Gasteiger partial charge in [-0.25, -0.2) is 0 Å². The molecule has 0 unspecified atom stereocenters. The van der Waals surface area contributed by atoms with Crippen molar-refractivity contribution < 1.29 is 14.2 Å². The van der Waals surface area contributed by atoms with E-state index in [9.17, 15) is 5.26 Å². The highest BCUT2D eigenvalue weighted by Crippen LogP contribution is 2.43. The van der Waals surface area contributed by atoms with E-state index in [1.807, 2.05) is 31.2 Å². The van der Waals surface area contributed by atoms with Gasteiger partial charge < -0.3 is 25.7 Å². The number of aromatic nitrogens is 2. The fourth-order valence-electron chi connectivity index (χ4n) is 9.12. The lowest BCUT2D eigenvalue weighted by Crippen LogP contribution is -2.49. The molecule has 4 aliphatic rings. The molecular formula is C46H52BrN7O3. The number of fused-ring (bicyclic) bond motifs is 2. The summed E-state index contributed by atoms with van der Waals surface area (Å²) in [7, 11) is 0. The molecule has 0 bridgehead atoms. The first-order valence-corrected chi connectivity index (χ1v) is 21.1. The number of hydrogen-bond acceptors (Lipinski definition) is 9. The van der Waals surface area contributed by atoms with E-state index in [4.69, 9.17) is 25.7 Å². The monoisotopic (exact) mass is 829 g/mol. The Morgan fingerprint density at radius 2 is 1.37 bits per heavy atom. The van der Waals surface area contributed by atoms with Gasteiger partial charge in [0.25, 0.3) is 0 Å². The van der Waals surface area contributed by atoms with Crippen molar-refractivity contribution in [2.24, 2.45) is 11.5 Å². The van der Waals surface area contributed by atoms with Crippen LogP contribution in [0.25, 0.3) is 11.3 Å². The summed E-state index contributed by atoms with van der Waals surface area (Å²) >= 11 is 3.59. The number of nitrogens with zero attached hydrogens (tertiary/aromatic N) is 4. The molecule has 3 heterocycles. The molecular weight excluding hydrogens is 778 g/mol. The Kier molecular flexibility index (Phi) is 12.2. The van der Waals surface area contributed by atoms with Gasteiger partial charge in [-0.2, -0.15) is 10.4 Å². The molecule has 296 valence electrons. The van der Waals surface area contributed by atoms with E-state index in [-0.39, 0.29) is 30.3 Å². The van der Waals surface area contributed by atoms with Gasteiger partial charge in [0.15, 0.2) is 11.5 Å². The van der Waals surface area contributed by atoms with Crippen LogP contribution in [0.3, 0.4) is 0 Å². The molecule has 1 aromatic heterocycles. The van der Waals surface area contributed by atoms with Crippen molar-refractivity contribution in [1.82, 2.24) is 20.0 Å². The lowest BCUT2D eigenvalue weighted by Gasteiger charge is -2.38. The highest BCUT2D eigenvalue weighted by molar-refractivity contribution is 9.10. The molecule has 5 aromatic rings. The number of halogens is 1. The summed E-state index contributed by atoms with van der Waals surface area (Å²) in [5.41, 5.74) is 20.3. The summed E-state index contributed by atoms with van der Waals surface area (Å²) in [6, 6.07) is 33.9. The number of likely N-dealkylation sites (tertiary alicyclic amines) is 2. The molecule has 0 spiro atoms. The number of ether oxygens (including phenoxy) is 3. The van der Waals surface area contributed by atoms with Crippen LogP contribution < -0.4 is 25.7 Å². The van der Waals surface area contributed by atoms with Crippen molar-refractivity contribution in [3.05, 3.63) is 129 Å². The van der Waals surface area contributed by atoms with Crippen LogP contribution >= 0.6 is 15.9 Å². The number of H-pyrrole nitrogens is 1. The third-order valence-corrected chi connectivity index (χ3v) is 12.3. The molecule has 2 aliphatic heterocycles. The fraction of sp³-hybridized carbons (Fsp3) is 0.391.